The van der Waals surface area contributed by atoms with Crippen LogP contribution in [0.15, 0.2) is 62.6 Å². The van der Waals surface area contributed by atoms with Crippen LogP contribution in [0.4, 0.5) is 5.82 Å². The van der Waals surface area contributed by atoms with Crippen LogP contribution < -0.4 is 10.9 Å². The number of furan rings is 2. The maximum atomic E-state index is 12.4. The number of anilines is 1. The number of carbonyl (C=O) groups excluding carboxylic acids is 1. The molecule has 0 bridgehead atoms. The summed E-state index contributed by atoms with van der Waals surface area (Å²) in [7, 11) is 0. The lowest BCUT2D eigenvalue weighted by Crippen LogP contribution is -2.19. The summed E-state index contributed by atoms with van der Waals surface area (Å²) in [5.41, 5.74) is 0.765. The maximum absolute atomic E-state index is 12.4. The van der Waals surface area contributed by atoms with Crippen LogP contribution in [0.3, 0.4) is 0 Å². The molecule has 4 heterocycles. The first-order valence-corrected chi connectivity index (χ1v) is 8.61. The van der Waals surface area contributed by atoms with Crippen LogP contribution in [0.25, 0.3) is 17.4 Å². The summed E-state index contributed by atoms with van der Waals surface area (Å²) < 4.78 is 11.9. The number of nitrogens with zero attached hydrogens (tertiary/aromatic N) is 3. The number of H-pyrrole nitrogens is 1. The predicted octanol–water partition coefficient (Wildman–Crippen LogP) is 3.18. The van der Waals surface area contributed by atoms with Gasteiger partial charge in [0.15, 0.2) is 11.5 Å². The Kier molecular flexibility index (Phi) is 4.40. The van der Waals surface area contributed by atoms with Crippen LogP contribution in [0.5, 0.6) is 0 Å². The Bertz CT molecular complexity index is 1150. The Balaban J connectivity index is 1.81. The minimum Gasteiger partial charge on any atom is -0.463 e. The van der Waals surface area contributed by atoms with Gasteiger partial charge in [-0.15, -0.1) is 0 Å². The van der Waals surface area contributed by atoms with Crippen LogP contribution >= 0.6 is 0 Å². The van der Waals surface area contributed by atoms with Crippen molar-refractivity contribution in [2.75, 3.05) is 5.32 Å². The van der Waals surface area contributed by atoms with Gasteiger partial charge in [0.25, 0.3) is 11.5 Å². The van der Waals surface area contributed by atoms with E-state index in [2.05, 4.69) is 20.4 Å². The van der Waals surface area contributed by atoms with Gasteiger partial charge in [-0.2, -0.15) is 9.78 Å². The molecule has 4 rings (SSSR count). The first kappa shape index (κ1) is 17.5. The van der Waals surface area contributed by atoms with E-state index in [0.29, 0.717) is 23.0 Å². The van der Waals surface area contributed by atoms with E-state index in [4.69, 9.17) is 8.83 Å². The molecule has 4 aromatic rings. The molecular weight excluding hydrogens is 362 g/mol. The minimum atomic E-state index is -0.459. The summed E-state index contributed by atoms with van der Waals surface area (Å²) in [5, 5.41) is 7.17. The molecule has 2 N–H and O–H groups in total. The summed E-state index contributed by atoms with van der Waals surface area (Å²) >= 11 is 0. The summed E-state index contributed by atoms with van der Waals surface area (Å²) in [6, 6.07) is 9.70. The number of rotatable bonds is 5. The highest BCUT2D eigenvalue weighted by molar-refractivity contribution is 6.02. The molecule has 0 unspecified atom stereocenters. The van der Waals surface area contributed by atoms with Crippen molar-refractivity contribution in [1.82, 2.24) is 19.7 Å². The molecule has 4 aromatic heterocycles. The standard InChI is InChI=1S/C19H17N5O4/c1-11(2)12-10-17(25)22-19(20-12)24-16(21-18(26)15-6-4-8-28-15)9-13(23-24)14-5-3-7-27-14/h3-11H,1-2H3,(H,21,26)(H,20,22,25). The fraction of sp³-hybridized carbons (Fsp3) is 0.158. The molecule has 9 nitrogen and oxygen atoms in total. The van der Waals surface area contributed by atoms with Crippen molar-refractivity contribution in [3.63, 3.8) is 0 Å². The highest BCUT2D eigenvalue weighted by atomic mass is 16.3. The van der Waals surface area contributed by atoms with Crippen LogP contribution in [0, 0.1) is 0 Å². The molecular formula is C19H17N5O4. The monoisotopic (exact) mass is 379 g/mol. The predicted molar refractivity (Wildman–Crippen MR) is 100 cm³/mol. The number of aromatic nitrogens is 4. The average Bonchev–Trinajstić information content (AvgIpc) is 3.41. The largest absolute Gasteiger partial charge is 0.463 e. The normalized spacial score (nSPS) is 11.1. The number of hydrogen-bond acceptors (Lipinski definition) is 6. The molecule has 0 aromatic carbocycles. The molecule has 0 radical (unpaired) electrons. The van der Waals surface area contributed by atoms with Gasteiger partial charge in [0.1, 0.15) is 11.5 Å². The second-order valence-corrected chi connectivity index (χ2v) is 6.38. The molecule has 0 aliphatic carbocycles. The highest BCUT2D eigenvalue weighted by Crippen LogP contribution is 2.24. The lowest BCUT2D eigenvalue weighted by Gasteiger charge is -2.09. The zero-order chi connectivity index (χ0) is 19.7. The Morgan fingerprint density at radius 1 is 1.18 bits per heavy atom. The van der Waals surface area contributed by atoms with Crippen LogP contribution in [0.2, 0.25) is 0 Å². The molecule has 0 saturated heterocycles. The minimum absolute atomic E-state index is 0.0438. The fourth-order valence-corrected chi connectivity index (χ4v) is 2.62. The second kappa shape index (κ2) is 7.03. The van der Waals surface area contributed by atoms with E-state index >= 15 is 0 Å². The zero-order valence-corrected chi connectivity index (χ0v) is 15.2. The SMILES string of the molecule is CC(C)c1cc(=O)[nH]c(-n2nc(-c3ccco3)cc2NC(=O)c2ccco2)n1. The van der Waals surface area contributed by atoms with E-state index < -0.39 is 5.91 Å². The van der Waals surface area contributed by atoms with E-state index in [1.54, 1.807) is 30.3 Å². The number of nitrogens with one attached hydrogen (secondary N) is 2. The van der Waals surface area contributed by atoms with Crippen LogP contribution in [-0.2, 0) is 0 Å². The zero-order valence-electron chi connectivity index (χ0n) is 15.2. The summed E-state index contributed by atoms with van der Waals surface area (Å²) in [6.45, 7) is 3.87. The van der Waals surface area contributed by atoms with Crippen molar-refractivity contribution >= 4 is 11.7 Å². The lowest BCUT2D eigenvalue weighted by atomic mass is 10.1. The fourth-order valence-electron chi connectivity index (χ4n) is 2.62. The van der Waals surface area contributed by atoms with Crippen molar-refractivity contribution in [2.45, 2.75) is 19.8 Å². The summed E-state index contributed by atoms with van der Waals surface area (Å²) in [5.74, 6) is 0.724. The number of hydrogen-bond donors (Lipinski definition) is 2. The van der Waals surface area contributed by atoms with E-state index in [1.165, 1.54) is 23.3 Å². The van der Waals surface area contributed by atoms with Crippen LogP contribution in [0.1, 0.15) is 36.0 Å². The van der Waals surface area contributed by atoms with Gasteiger partial charge in [-0.3, -0.25) is 14.6 Å². The summed E-state index contributed by atoms with van der Waals surface area (Å²) in [6.07, 6.45) is 2.93. The first-order chi connectivity index (χ1) is 13.5. The third-order valence-electron chi connectivity index (χ3n) is 4.01. The maximum Gasteiger partial charge on any atom is 0.292 e. The van der Waals surface area contributed by atoms with E-state index in [9.17, 15) is 9.59 Å². The molecule has 0 aliphatic rings. The molecule has 9 heteroatoms. The number of amides is 1. The third-order valence-corrected chi connectivity index (χ3v) is 4.01. The Hall–Kier alpha value is -3.88. The van der Waals surface area contributed by atoms with Gasteiger partial charge in [0.05, 0.1) is 18.2 Å². The third kappa shape index (κ3) is 3.37. The van der Waals surface area contributed by atoms with Gasteiger partial charge >= 0.3 is 0 Å². The molecule has 28 heavy (non-hydrogen) atoms. The van der Waals surface area contributed by atoms with Crippen molar-refractivity contribution in [3.8, 4) is 17.4 Å². The smallest absolute Gasteiger partial charge is 0.292 e. The Morgan fingerprint density at radius 2 is 1.96 bits per heavy atom. The second-order valence-electron chi connectivity index (χ2n) is 6.38. The quantitative estimate of drug-likeness (QED) is 0.550. The highest BCUT2D eigenvalue weighted by Gasteiger charge is 2.19. The number of aromatic amines is 1. The van der Waals surface area contributed by atoms with E-state index in [-0.39, 0.29) is 23.2 Å². The summed E-state index contributed by atoms with van der Waals surface area (Å²) in [4.78, 5) is 31.6. The van der Waals surface area contributed by atoms with Crippen molar-refractivity contribution in [2.24, 2.45) is 0 Å². The molecule has 1 amide bonds. The van der Waals surface area contributed by atoms with Crippen LogP contribution in [-0.4, -0.2) is 25.7 Å². The molecule has 0 spiro atoms. The first-order valence-electron chi connectivity index (χ1n) is 8.61. The van der Waals surface area contributed by atoms with Crippen molar-refractivity contribution in [1.29, 1.82) is 0 Å². The van der Waals surface area contributed by atoms with Gasteiger partial charge in [-0.25, -0.2) is 4.98 Å². The van der Waals surface area contributed by atoms with E-state index in [1.807, 2.05) is 13.8 Å². The van der Waals surface area contributed by atoms with Gasteiger partial charge in [-0.1, -0.05) is 13.8 Å². The van der Waals surface area contributed by atoms with Gasteiger partial charge in [0, 0.05) is 12.1 Å². The number of carbonyl (C=O) groups is 1. The molecule has 0 fully saturated rings. The van der Waals surface area contributed by atoms with Gasteiger partial charge in [0.2, 0.25) is 5.95 Å². The molecule has 142 valence electrons. The Labute approximate surface area is 159 Å². The topological polar surface area (TPSA) is 119 Å². The Morgan fingerprint density at radius 3 is 2.64 bits per heavy atom. The van der Waals surface area contributed by atoms with Crippen molar-refractivity contribution in [3.05, 3.63) is 70.7 Å². The lowest BCUT2D eigenvalue weighted by molar-refractivity contribution is 0.0996. The van der Waals surface area contributed by atoms with Gasteiger partial charge < -0.3 is 14.2 Å². The van der Waals surface area contributed by atoms with E-state index in [0.717, 1.165) is 0 Å². The van der Waals surface area contributed by atoms with Crippen molar-refractivity contribution < 1.29 is 13.6 Å². The molecule has 0 aliphatic heterocycles. The van der Waals surface area contributed by atoms with Gasteiger partial charge in [-0.05, 0) is 30.2 Å². The molecule has 0 atom stereocenters. The molecule has 0 saturated carbocycles. The average molecular weight is 379 g/mol.